The molecule has 116 valence electrons. The van der Waals surface area contributed by atoms with Crippen molar-refractivity contribution >= 4 is 0 Å². The van der Waals surface area contributed by atoms with Crippen LogP contribution in [0.4, 0.5) is 0 Å². The van der Waals surface area contributed by atoms with Gasteiger partial charge in [-0.2, -0.15) is 0 Å². The van der Waals surface area contributed by atoms with Crippen LogP contribution in [0, 0.1) is 0 Å². The Morgan fingerprint density at radius 2 is 1.40 bits per heavy atom. The lowest BCUT2D eigenvalue weighted by molar-refractivity contribution is -0.00356. The van der Waals surface area contributed by atoms with Gasteiger partial charge in [-0.15, -0.1) is 0 Å². The summed E-state index contributed by atoms with van der Waals surface area (Å²) in [6, 6.07) is 0. The Bertz CT molecular complexity index is 275. The molecule has 0 radical (unpaired) electrons. The van der Waals surface area contributed by atoms with Crippen molar-refractivity contribution < 1.29 is 24.1 Å². The van der Waals surface area contributed by atoms with Crippen LogP contribution in [0.15, 0.2) is 23.8 Å². The maximum absolute atomic E-state index is 8.49. The SMILES string of the molecule is OCCOCCOCCOCCOCC1=CCCC=C1. The number of allylic oxidation sites excluding steroid dienone is 2. The Balaban J connectivity index is 1.74. The summed E-state index contributed by atoms with van der Waals surface area (Å²) >= 11 is 0. The van der Waals surface area contributed by atoms with Gasteiger partial charge in [-0.1, -0.05) is 18.2 Å². The lowest BCUT2D eigenvalue weighted by atomic mass is 10.1. The van der Waals surface area contributed by atoms with Crippen LogP contribution in [0.2, 0.25) is 0 Å². The maximum Gasteiger partial charge on any atom is 0.0714 e. The van der Waals surface area contributed by atoms with Crippen LogP contribution in [0.3, 0.4) is 0 Å². The molecular formula is C15H26O5. The minimum Gasteiger partial charge on any atom is -0.394 e. The summed E-state index contributed by atoms with van der Waals surface area (Å²) in [5.74, 6) is 0. The zero-order valence-electron chi connectivity index (χ0n) is 12.1. The lowest BCUT2D eigenvalue weighted by Crippen LogP contribution is -2.13. The molecule has 1 N–H and O–H groups in total. The van der Waals surface area contributed by atoms with Gasteiger partial charge in [-0.3, -0.25) is 0 Å². The van der Waals surface area contributed by atoms with Crippen LogP contribution in [0.1, 0.15) is 12.8 Å². The van der Waals surface area contributed by atoms with Gasteiger partial charge < -0.3 is 24.1 Å². The first kappa shape index (κ1) is 17.3. The van der Waals surface area contributed by atoms with Crippen molar-refractivity contribution in [1.29, 1.82) is 0 Å². The summed E-state index contributed by atoms with van der Waals surface area (Å²) in [4.78, 5) is 0. The molecule has 0 amide bonds. The highest BCUT2D eigenvalue weighted by Gasteiger charge is 1.97. The molecule has 1 aliphatic rings. The van der Waals surface area contributed by atoms with Gasteiger partial charge in [0.15, 0.2) is 0 Å². The molecule has 5 nitrogen and oxygen atoms in total. The van der Waals surface area contributed by atoms with E-state index in [4.69, 9.17) is 24.1 Å². The molecule has 0 atom stereocenters. The van der Waals surface area contributed by atoms with Crippen LogP contribution >= 0.6 is 0 Å². The summed E-state index contributed by atoms with van der Waals surface area (Å²) < 4.78 is 21.2. The van der Waals surface area contributed by atoms with Gasteiger partial charge >= 0.3 is 0 Å². The van der Waals surface area contributed by atoms with Crippen molar-refractivity contribution in [3.63, 3.8) is 0 Å². The molecule has 20 heavy (non-hydrogen) atoms. The summed E-state index contributed by atoms with van der Waals surface area (Å²) in [5, 5.41) is 8.49. The summed E-state index contributed by atoms with van der Waals surface area (Å²) in [5.41, 5.74) is 1.25. The van der Waals surface area contributed by atoms with Gasteiger partial charge in [-0.25, -0.2) is 0 Å². The van der Waals surface area contributed by atoms with Gasteiger partial charge in [-0.05, 0) is 18.4 Å². The van der Waals surface area contributed by atoms with Crippen molar-refractivity contribution in [2.45, 2.75) is 12.8 Å². The number of rotatable bonds is 13. The van der Waals surface area contributed by atoms with E-state index < -0.39 is 0 Å². The normalized spacial score (nSPS) is 14.6. The minimum atomic E-state index is 0.0514. The second kappa shape index (κ2) is 13.3. The first-order valence-corrected chi connectivity index (χ1v) is 7.21. The Morgan fingerprint density at radius 1 is 0.800 bits per heavy atom. The molecule has 0 aromatic carbocycles. The summed E-state index contributed by atoms with van der Waals surface area (Å²) in [6.45, 7) is 4.42. The first-order valence-electron chi connectivity index (χ1n) is 7.21. The molecule has 5 heteroatoms. The highest BCUT2D eigenvalue weighted by Crippen LogP contribution is 2.09. The average molecular weight is 286 g/mol. The van der Waals surface area contributed by atoms with Crippen LogP contribution in [-0.4, -0.2) is 64.6 Å². The van der Waals surface area contributed by atoms with Gasteiger partial charge in [0, 0.05) is 0 Å². The van der Waals surface area contributed by atoms with Crippen LogP contribution in [0.5, 0.6) is 0 Å². The monoisotopic (exact) mass is 286 g/mol. The molecule has 0 bridgehead atoms. The van der Waals surface area contributed by atoms with E-state index in [2.05, 4.69) is 18.2 Å². The molecule has 1 rings (SSSR count). The predicted octanol–water partition coefficient (Wildman–Crippen LogP) is 1.32. The third kappa shape index (κ3) is 10.1. The van der Waals surface area contributed by atoms with Crippen LogP contribution in [0.25, 0.3) is 0 Å². The molecule has 0 fully saturated rings. The van der Waals surface area contributed by atoms with Crippen molar-refractivity contribution in [2.24, 2.45) is 0 Å². The number of ether oxygens (including phenoxy) is 4. The van der Waals surface area contributed by atoms with E-state index in [9.17, 15) is 0 Å². The quantitative estimate of drug-likeness (QED) is 0.518. The van der Waals surface area contributed by atoms with Gasteiger partial charge in [0.05, 0.1) is 59.5 Å². The second-order valence-corrected chi connectivity index (χ2v) is 4.37. The molecular weight excluding hydrogens is 260 g/mol. The van der Waals surface area contributed by atoms with Crippen molar-refractivity contribution in [3.8, 4) is 0 Å². The fraction of sp³-hybridized carbons (Fsp3) is 0.733. The Kier molecular flexibility index (Phi) is 11.5. The smallest absolute Gasteiger partial charge is 0.0714 e. The third-order valence-electron chi connectivity index (χ3n) is 2.69. The molecule has 1 aliphatic carbocycles. The molecule has 0 unspecified atom stereocenters. The van der Waals surface area contributed by atoms with E-state index in [1.54, 1.807) is 0 Å². The number of aliphatic hydroxyl groups is 1. The van der Waals surface area contributed by atoms with Crippen molar-refractivity contribution in [3.05, 3.63) is 23.8 Å². The van der Waals surface area contributed by atoms with Crippen molar-refractivity contribution in [1.82, 2.24) is 0 Å². The van der Waals surface area contributed by atoms with Gasteiger partial charge in [0.2, 0.25) is 0 Å². The van der Waals surface area contributed by atoms with Gasteiger partial charge in [0.1, 0.15) is 0 Å². The minimum absolute atomic E-state index is 0.0514. The molecule has 0 aromatic rings. The first-order chi connectivity index (χ1) is 9.93. The van der Waals surface area contributed by atoms with E-state index in [0.29, 0.717) is 52.9 Å². The van der Waals surface area contributed by atoms with Crippen LogP contribution in [-0.2, 0) is 18.9 Å². The molecule has 0 aromatic heterocycles. The van der Waals surface area contributed by atoms with E-state index >= 15 is 0 Å². The molecule has 0 saturated heterocycles. The largest absolute Gasteiger partial charge is 0.394 e. The van der Waals surface area contributed by atoms with E-state index in [1.807, 2.05) is 0 Å². The maximum atomic E-state index is 8.49. The number of hydrogen-bond acceptors (Lipinski definition) is 5. The fourth-order valence-electron chi connectivity index (χ4n) is 1.69. The summed E-state index contributed by atoms with van der Waals surface area (Å²) in [6.07, 6.45) is 8.77. The Morgan fingerprint density at radius 3 is 1.95 bits per heavy atom. The van der Waals surface area contributed by atoms with Crippen LogP contribution < -0.4 is 0 Å². The zero-order chi connectivity index (χ0) is 14.3. The standard InChI is InChI=1S/C15H26O5/c16-6-7-17-8-9-18-10-11-19-12-13-20-14-15-4-2-1-3-5-15/h2,4-5,16H,1,3,6-14H2. The second-order valence-electron chi connectivity index (χ2n) is 4.37. The Labute approximate surface area is 121 Å². The molecule has 0 spiro atoms. The topological polar surface area (TPSA) is 57.2 Å². The summed E-state index contributed by atoms with van der Waals surface area (Å²) in [7, 11) is 0. The van der Waals surface area contributed by atoms with E-state index in [1.165, 1.54) is 5.57 Å². The number of aliphatic hydroxyl groups excluding tert-OH is 1. The van der Waals surface area contributed by atoms with Gasteiger partial charge in [0.25, 0.3) is 0 Å². The highest BCUT2D eigenvalue weighted by atomic mass is 16.6. The predicted molar refractivity (Wildman–Crippen MR) is 76.8 cm³/mol. The fourth-order valence-corrected chi connectivity index (χ4v) is 1.69. The lowest BCUT2D eigenvalue weighted by Gasteiger charge is -2.09. The third-order valence-corrected chi connectivity index (χ3v) is 2.69. The van der Waals surface area contributed by atoms with Crippen molar-refractivity contribution in [2.75, 3.05) is 59.5 Å². The number of hydrogen-bond donors (Lipinski definition) is 1. The van der Waals surface area contributed by atoms with E-state index in [0.717, 1.165) is 12.8 Å². The zero-order valence-corrected chi connectivity index (χ0v) is 12.1. The highest BCUT2D eigenvalue weighted by molar-refractivity contribution is 5.22. The molecule has 0 saturated carbocycles. The average Bonchev–Trinajstić information content (AvgIpc) is 2.49. The Hall–Kier alpha value is -0.720. The molecule has 0 heterocycles. The van der Waals surface area contributed by atoms with E-state index in [-0.39, 0.29) is 6.61 Å². The molecule has 0 aliphatic heterocycles.